The lowest BCUT2D eigenvalue weighted by Crippen LogP contribution is -2.12. The van der Waals surface area contributed by atoms with Crippen molar-refractivity contribution in [3.05, 3.63) is 95.6 Å². The molecular formula is C22H19NO5S. The molecular weight excluding hydrogens is 390 g/mol. The summed E-state index contributed by atoms with van der Waals surface area (Å²) in [5.41, 5.74) is 2.18. The predicted octanol–water partition coefficient (Wildman–Crippen LogP) is 3.70. The van der Waals surface area contributed by atoms with E-state index in [0.717, 1.165) is 11.8 Å². The molecule has 6 nitrogen and oxygen atoms in total. The van der Waals surface area contributed by atoms with Crippen LogP contribution in [0.3, 0.4) is 0 Å². The highest BCUT2D eigenvalue weighted by Crippen LogP contribution is 2.13. The standard InChI is InChI=1S/C22H19NO5S/c1-29(26,27)20-13-11-18(12-14-20)22(25)28-15-16-7-9-17(10-8-16)21(24)23-19-5-3-2-4-6-19/h2-14H,15H2,1H3,(H,23,24). The third-order valence-electron chi connectivity index (χ3n) is 4.14. The summed E-state index contributed by atoms with van der Waals surface area (Å²) in [5, 5.41) is 2.80. The van der Waals surface area contributed by atoms with Crippen molar-refractivity contribution in [3.8, 4) is 0 Å². The van der Waals surface area contributed by atoms with Crippen LogP contribution in [0.5, 0.6) is 0 Å². The van der Waals surface area contributed by atoms with Gasteiger partial charge < -0.3 is 10.1 Å². The van der Waals surface area contributed by atoms with Gasteiger partial charge in [-0.3, -0.25) is 4.79 Å². The molecule has 0 spiro atoms. The fourth-order valence-electron chi connectivity index (χ4n) is 2.55. The number of carbonyl (C=O) groups excluding carboxylic acids is 2. The Hall–Kier alpha value is -3.45. The second kappa shape index (κ2) is 8.70. The van der Waals surface area contributed by atoms with Crippen molar-refractivity contribution in [2.24, 2.45) is 0 Å². The fraction of sp³-hybridized carbons (Fsp3) is 0.0909. The number of hydrogen-bond acceptors (Lipinski definition) is 5. The van der Waals surface area contributed by atoms with Crippen LogP contribution in [-0.4, -0.2) is 26.6 Å². The molecule has 0 radical (unpaired) electrons. The lowest BCUT2D eigenvalue weighted by Gasteiger charge is -2.08. The van der Waals surface area contributed by atoms with E-state index in [4.69, 9.17) is 4.74 Å². The highest BCUT2D eigenvalue weighted by Gasteiger charge is 2.11. The summed E-state index contributed by atoms with van der Waals surface area (Å²) >= 11 is 0. The molecule has 3 aromatic rings. The molecule has 0 bridgehead atoms. The summed E-state index contributed by atoms with van der Waals surface area (Å²) in [6.07, 6.45) is 1.10. The Labute approximate surface area is 169 Å². The van der Waals surface area contributed by atoms with Crippen molar-refractivity contribution in [1.29, 1.82) is 0 Å². The van der Waals surface area contributed by atoms with Crippen molar-refractivity contribution in [3.63, 3.8) is 0 Å². The first kappa shape index (κ1) is 20.3. The number of esters is 1. The van der Waals surface area contributed by atoms with Crippen LogP contribution < -0.4 is 5.32 Å². The molecule has 0 saturated heterocycles. The molecule has 29 heavy (non-hydrogen) atoms. The monoisotopic (exact) mass is 409 g/mol. The molecule has 7 heteroatoms. The molecule has 3 aromatic carbocycles. The molecule has 0 aliphatic carbocycles. The number of rotatable bonds is 6. The smallest absolute Gasteiger partial charge is 0.338 e. The van der Waals surface area contributed by atoms with Crippen molar-refractivity contribution < 1.29 is 22.7 Å². The number of carbonyl (C=O) groups is 2. The minimum absolute atomic E-state index is 0.0350. The normalized spacial score (nSPS) is 10.9. The van der Waals surface area contributed by atoms with Gasteiger partial charge in [-0.2, -0.15) is 0 Å². The Morgan fingerprint density at radius 3 is 2.00 bits per heavy atom. The number of para-hydroxylation sites is 1. The van der Waals surface area contributed by atoms with Crippen molar-refractivity contribution in [1.82, 2.24) is 0 Å². The van der Waals surface area contributed by atoms with Crippen molar-refractivity contribution in [2.75, 3.05) is 11.6 Å². The zero-order valence-electron chi connectivity index (χ0n) is 15.7. The first-order chi connectivity index (χ1) is 13.8. The Balaban J connectivity index is 1.57. The van der Waals surface area contributed by atoms with E-state index in [-0.39, 0.29) is 23.0 Å². The third-order valence-corrected chi connectivity index (χ3v) is 5.26. The third kappa shape index (κ3) is 5.52. The van der Waals surface area contributed by atoms with E-state index in [1.165, 1.54) is 24.3 Å². The maximum Gasteiger partial charge on any atom is 0.338 e. The Kier molecular flexibility index (Phi) is 6.09. The number of benzene rings is 3. The van der Waals surface area contributed by atoms with E-state index in [0.29, 0.717) is 11.3 Å². The van der Waals surface area contributed by atoms with E-state index in [1.54, 1.807) is 36.4 Å². The summed E-state index contributed by atoms with van der Waals surface area (Å²) in [6, 6.07) is 21.4. The maximum absolute atomic E-state index is 12.2. The Morgan fingerprint density at radius 1 is 0.828 bits per heavy atom. The second-order valence-corrected chi connectivity index (χ2v) is 8.41. The maximum atomic E-state index is 12.2. The summed E-state index contributed by atoms with van der Waals surface area (Å²) in [5.74, 6) is -0.790. The molecule has 0 fully saturated rings. The lowest BCUT2D eigenvalue weighted by molar-refractivity contribution is 0.0472. The molecule has 0 saturated carbocycles. The van der Waals surface area contributed by atoms with Crippen molar-refractivity contribution in [2.45, 2.75) is 11.5 Å². The van der Waals surface area contributed by atoms with Gasteiger partial charge in [-0.1, -0.05) is 30.3 Å². The van der Waals surface area contributed by atoms with Crippen LogP contribution in [0.15, 0.2) is 83.8 Å². The van der Waals surface area contributed by atoms with E-state index in [9.17, 15) is 18.0 Å². The first-order valence-corrected chi connectivity index (χ1v) is 10.6. The minimum atomic E-state index is -3.32. The molecule has 1 amide bonds. The van der Waals surface area contributed by atoms with Gasteiger partial charge >= 0.3 is 5.97 Å². The number of anilines is 1. The van der Waals surface area contributed by atoms with Crippen LogP contribution in [0.4, 0.5) is 5.69 Å². The van der Waals surface area contributed by atoms with Gasteiger partial charge in [0.1, 0.15) is 6.61 Å². The highest BCUT2D eigenvalue weighted by atomic mass is 32.2. The molecule has 0 heterocycles. The molecule has 148 valence electrons. The second-order valence-electron chi connectivity index (χ2n) is 6.39. The van der Waals surface area contributed by atoms with E-state index in [1.807, 2.05) is 18.2 Å². The zero-order valence-corrected chi connectivity index (χ0v) is 16.5. The number of sulfone groups is 1. The van der Waals surface area contributed by atoms with E-state index in [2.05, 4.69) is 5.32 Å². The van der Waals surface area contributed by atoms with Gasteiger partial charge in [-0.25, -0.2) is 13.2 Å². The molecule has 3 rings (SSSR count). The van der Waals surface area contributed by atoms with Crippen LogP contribution in [0, 0.1) is 0 Å². The van der Waals surface area contributed by atoms with Gasteiger partial charge in [0.15, 0.2) is 9.84 Å². The van der Waals surface area contributed by atoms with Gasteiger partial charge in [0.25, 0.3) is 5.91 Å². The SMILES string of the molecule is CS(=O)(=O)c1ccc(C(=O)OCc2ccc(C(=O)Nc3ccccc3)cc2)cc1. The summed E-state index contributed by atoms with van der Waals surface area (Å²) in [6.45, 7) is 0.0350. The molecule has 0 aromatic heterocycles. The molecule has 0 atom stereocenters. The van der Waals surface area contributed by atoms with Gasteiger partial charge in [-0.15, -0.1) is 0 Å². The van der Waals surface area contributed by atoms with Crippen LogP contribution in [0.2, 0.25) is 0 Å². The summed E-state index contributed by atoms with van der Waals surface area (Å²) in [7, 11) is -3.32. The van der Waals surface area contributed by atoms with Gasteiger partial charge in [0.05, 0.1) is 10.5 Å². The van der Waals surface area contributed by atoms with Gasteiger partial charge in [-0.05, 0) is 54.1 Å². The van der Waals surface area contributed by atoms with Crippen LogP contribution in [-0.2, 0) is 21.2 Å². The van der Waals surface area contributed by atoms with Crippen LogP contribution >= 0.6 is 0 Å². The molecule has 0 aliphatic rings. The summed E-state index contributed by atoms with van der Waals surface area (Å²) in [4.78, 5) is 24.5. The Morgan fingerprint density at radius 2 is 1.41 bits per heavy atom. The first-order valence-electron chi connectivity index (χ1n) is 8.75. The van der Waals surface area contributed by atoms with Gasteiger partial charge in [0.2, 0.25) is 0 Å². The van der Waals surface area contributed by atoms with Crippen molar-refractivity contribution >= 4 is 27.4 Å². The largest absolute Gasteiger partial charge is 0.457 e. The van der Waals surface area contributed by atoms with E-state index >= 15 is 0 Å². The molecule has 0 aliphatic heterocycles. The number of amides is 1. The van der Waals surface area contributed by atoms with Crippen LogP contribution in [0.25, 0.3) is 0 Å². The lowest BCUT2D eigenvalue weighted by atomic mass is 10.1. The number of ether oxygens (including phenoxy) is 1. The van der Waals surface area contributed by atoms with Gasteiger partial charge in [0, 0.05) is 17.5 Å². The highest BCUT2D eigenvalue weighted by molar-refractivity contribution is 7.90. The quantitative estimate of drug-likeness (QED) is 0.627. The predicted molar refractivity (Wildman–Crippen MR) is 110 cm³/mol. The van der Waals surface area contributed by atoms with E-state index < -0.39 is 15.8 Å². The number of nitrogens with one attached hydrogen (secondary N) is 1. The average Bonchev–Trinajstić information content (AvgIpc) is 2.72. The summed E-state index contributed by atoms with van der Waals surface area (Å²) < 4.78 is 28.2. The topological polar surface area (TPSA) is 89.5 Å². The average molecular weight is 409 g/mol. The molecule has 0 unspecified atom stereocenters. The fourth-order valence-corrected chi connectivity index (χ4v) is 3.18. The zero-order chi connectivity index (χ0) is 20.9. The number of hydrogen-bond donors (Lipinski definition) is 1. The molecule has 1 N–H and O–H groups in total. The Bertz CT molecular complexity index is 1110. The van der Waals surface area contributed by atoms with Crippen LogP contribution in [0.1, 0.15) is 26.3 Å². The minimum Gasteiger partial charge on any atom is -0.457 e.